The summed E-state index contributed by atoms with van der Waals surface area (Å²) in [7, 11) is 1.77. The van der Waals surface area contributed by atoms with Gasteiger partial charge in [0.05, 0.1) is 11.4 Å². The number of nitrogens with zero attached hydrogens (tertiary/aromatic N) is 6. The monoisotopic (exact) mass is 404 g/mol. The molecule has 2 aromatic heterocycles. The van der Waals surface area contributed by atoms with Crippen molar-refractivity contribution in [3.8, 4) is 11.4 Å². The summed E-state index contributed by atoms with van der Waals surface area (Å²) >= 11 is 5.82. The van der Waals surface area contributed by atoms with Gasteiger partial charge in [0.25, 0.3) is 0 Å². The second kappa shape index (κ2) is 7.67. The molecule has 0 atom stereocenters. The molecule has 0 N–H and O–H groups in total. The van der Waals surface area contributed by atoms with Crippen molar-refractivity contribution in [2.45, 2.75) is 25.2 Å². The summed E-state index contributed by atoms with van der Waals surface area (Å²) in [6, 6.07) is 4.30. The highest BCUT2D eigenvalue weighted by molar-refractivity contribution is 6.31. The topological polar surface area (TPSA) is 89.9 Å². The van der Waals surface area contributed by atoms with Crippen LogP contribution in [0.5, 0.6) is 0 Å². The molecule has 1 aromatic carbocycles. The van der Waals surface area contributed by atoms with Crippen LogP contribution in [0.2, 0.25) is 5.02 Å². The summed E-state index contributed by atoms with van der Waals surface area (Å²) in [6.45, 7) is 1.23. The Labute approximate surface area is 165 Å². The lowest BCUT2D eigenvalue weighted by Crippen LogP contribution is -2.39. The van der Waals surface area contributed by atoms with E-state index in [2.05, 4.69) is 20.2 Å². The van der Waals surface area contributed by atoms with Gasteiger partial charge in [-0.25, -0.2) is 9.37 Å². The van der Waals surface area contributed by atoms with Gasteiger partial charge in [-0.05, 0) is 31.0 Å². The lowest BCUT2D eigenvalue weighted by molar-refractivity contribution is -0.131. The zero-order chi connectivity index (χ0) is 19.7. The van der Waals surface area contributed by atoms with Gasteiger partial charge in [0.1, 0.15) is 18.0 Å². The fourth-order valence-corrected chi connectivity index (χ4v) is 3.44. The minimum Gasteiger partial charge on any atom is -0.342 e. The molecule has 0 aliphatic carbocycles. The van der Waals surface area contributed by atoms with E-state index >= 15 is 0 Å². The van der Waals surface area contributed by atoms with E-state index in [1.54, 1.807) is 17.8 Å². The Morgan fingerprint density at radius 3 is 2.82 bits per heavy atom. The van der Waals surface area contributed by atoms with Crippen molar-refractivity contribution < 1.29 is 13.7 Å². The number of piperidine rings is 1. The number of rotatable bonds is 4. The number of aryl methyl sites for hydroxylation is 1. The van der Waals surface area contributed by atoms with Crippen molar-refractivity contribution >= 4 is 17.5 Å². The maximum absolute atomic E-state index is 13.3. The number of halogens is 2. The number of aromatic nitrogens is 5. The fourth-order valence-electron chi connectivity index (χ4n) is 3.26. The number of likely N-dealkylation sites (tertiary alicyclic amines) is 1. The molecule has 0 spiro atoms. The zero-order valence-corrected chi connectivity index (χ0v) is 15.9. The van der Waals surface area contributed by atoms with E-state index in [0.29, 0.717) is 36.2 Å². The van der Waals surface area contributed by atoms with Gasteiger partial charge >= 0.3 is 0 Å². The van der Waals surface area contributed by atoms with Crippen molar-refractivity contribution in [2.75, 3.05) is 13.1 Å². The van der Waals surface area contributed by atoms with Crippen LogP contribution in [0.25, 0.3) is 11.4 Å². The van der Waals surface area contributed by atoms with Crippen LogP contribution in [0.15, 0.2) is 29.0 Å². The van der Waals surface area contributed by atoms with Gasteiger partial charge in [0.15, 0.2) is 0 Å². The summed E-state index contributed by atoms with van der Waals surface area (Å²) in [4.78, 5) is 22.8. The third kappa shape index (κ3) is 3.75. The Balaban J connectivity index is 1.37. The van der Waals surface area contributed by atoms with E-state index in [0.717, 1.165) is 12.8 Å². The Bertz CT molecular complexity index is 996. The molecule has 1 aliphatic rings. The largest absolute Gasteiger partial charge is 0.342 e. The first-order valence-corrected chi connectivity index (χ1v) is 9.28. The quantitative estimate of drug-likeness (QED) is 0.664. The summed E-state index contributed by atoms with van der Waals surface area (Å²) in [5, 5.41) is 7.98. The van der Waals surface area contributed by atoms with Crippen molar-refractivity contribution in [1.29, 1.82) is 0 Å². The van der Waals surface area contributed by atoms with Crippen molar-refractivity contribution in [3.05, 3.63) is 47.1 Å². The molecule has 4 rings (SSSR count). The summed E-state index contributed by atoms with van der Waals surface area (Å²) < 4.78 is 20.3. The molecule has 10 heteroatoms. The highest BCUT2D eigenvalue weighted by atomic mass is 35.5. The normalized spacial score (nSPS) is 15.2. The molecule has 1 aliphatic heterocycles. The maximum Gasteiger partial charge on any atom is 0.230 e. The van der Waals surface area contributed by atoms with E-state index < -0.39 is 5.82 Å². The number of benzene rings is 1. The van der Waals surface area contributed by atoms with Crippen molar-refractivity contribution in [1.82, 2.24) is 29.8 Å². The zero-order valence-electron chi connectivity index (χ0n) is 15.2. The molecule has 0 radical (unpaired) electrons. The van der Waals surface area contributed by atoms with Gasteiger partial charge in [-0.1, -0.05) is 16.8 Å². The molecule has 1 saturated heterocycles. The van der Waals surface area contributed by atoms with Gasteiger partial charge in [-0.15, -0.1) is 0 Å². The molecule has 0 unspecified atom stereocenters. The number of hydrogen-bond acceptors (Lipinski definition) is 6. The van der Waals surface area contributed by atoms with E-state index in [9.17, 15) is 9.18 Å². The molecule has 8 nitrogen and oxygen atoms in total. The number of hydrogen-bond donors (Lipinski definition) is 0. The lowest BCUT2D eigenvalue weighted by Gasteiger charge is -2.30. The molecule has 28 heavy (non-hydrogen) atoms. The highest BCUT2D eigenvalue weighted by Gasteiger charge is 2.28. The molecule has 3 aromatic rings. The molecular formula is C18H18ClFN6O2. The van der Waals surface area contributed by atoms with Crippen LogP contribution in [0.4, 0.5) is 4.39 Å². The van der Waals surface area contributed by atoms with Crippen LogP contribution in [0.1, 0.15) is 30.5 Å². The molecule has 1 amide bonds. The number of carbonyl (C=O) groups excluding carboxylic acids is 1. The van der Waals surface area contributed by atoms with E-state index in [4.69, 9.17) is 16.1 Å². The van der Waals surface area contributed by atoms with Crippen LogP contribution in [-0.4, -0.2) is 48.8 Å². The van der Waals surface area contributed by atoms with Gasteiger partial charge in [-0.2, -0.15) is 10.1 Å². The minimum atomic E-state index is -0.493. The molecule has 0 bridgehead atoms. The van der Waals surface area contributed by atoms with Gasteiger partial charge < -0.3 is 9.42 Å². The third-order valence-corrected chi connectivity index (χ3v) is 5.22. The number of carbonyl (C=O) groups is 1. The Morgan fingerprint density at radius 1 is 1.36 bits per heavy atom. The van der Waals surface area contributed by atoms with Crippen molar-refractivity contribution in [2.24, 2.45) is 7.05 Å². The van der Waals surface area contributed by atoms with Crippen LogP contribution in [0, 0.1) is 5.82 Å². The molecule has 146 valence electrons. The average molecular weight is 405 g/mol. The Morgan fingerprint density at radius 2 is 2.14 bits per heavy atom. The summed E-state index contributed by atoms with van der Waals surface area (Å²) in [5.74, 6) is 1.16. The SMILES string of the molecule is Cn1ncnc1CC(=O)N1CCC(c2nc(-c3ccc(F)c(Cl)c3)no2)CC1. The first-order valence-electron chi connectivity index (χ1n) is 8.91. The predicted molar refractivity (Wildman–Crippen MR) is 98.0 cm³/mol. The molecule has 0 saturated carbocycles. The summed E-state index contributed by atoms with van der Waals surface area (Å²) in [5.41, 5.74) is 0.595. The maximum atomic E-state index is 13.3. The van der Waals surface area contributed by atoms with Crippen LogP contribution >= 0.6 is 11.6 Å². The standard InChI is InChI=1S/C18H18ClFN6O2/c1-25-15(21-10-22-25)9-16(27)26-6-4-11(5-7-26)18-23-17(24-28-18)12-2-3-14(20)13(19)8-12/h2-3,8,10-11H,4-7,9H2,1H3. The molecule has 1 fully saturated rings. The number of amides is 1. The second-order valence-corrected chi connectivity index (χ2v) is 7.12. The Hall–Kier alpha value is -2.81. The predicted octanol–water partition coefficient (Wildman–Crippen LogP) is 2.61. The highest BCUT2D eigenvalue weighted by Crippen LogP contribution is 2.29. The lowest BCUT2D eigenvalue weighted by atomic mass is 9.96. The third-order valence-electron chi connectivity index (χ3n) is 4.93. The van der Waals surface area contributed by atoms with Gasteiger partial charge in [-0.3, -0.25) is 9.48 Å². The van der Waals surface area contributed by atoms with E-state index in [-0.39, 0.29) is 23.3 Å². The van der Waals surface area contributed by atoms with Crippen molar-refractivity contribution in [3.63, 3.8) is 0 Å². The second-order valence-electron chi connectivity index (χ2n) is 6.72. The van der Waals surface area contributed by atoms with Gasteiger partial charge in [0.2, 0.25) is 17.6 Å². The smallest absolute Gasteiger partial charge is 0.230 e. The first-order chi connectivity index (χ1) is 13.5. The van der Waals surface area contributed by atoms with Crippen LogP contribution in [-0.2, 0) is 18.3 Å². The van der Waals surface area contributed by atoms with Gasteiger partial charge in [0, 0.05) is 31.6 Å². The van der Waals surface area contributed by atoms with E-state index in [1.165, 1.54) is 18.5 Å². The summed E-state index contributed by atoms with van der Waals surface area (Å²) in [6.07, 6.45) is 3.14. The van der Waals surface area contributed by atoms with Crippen LogP contribution < -0.4 is 0 Å². The van der Waals surface area contributed by atoms with E-state index in [1.807, 2.05) is 4.90 Å². The molecule has 3 heterocycles. The first kappa shape index (κ1) is 18.5. The fraction of sp³-hybridized carbons (Fsp3) is 0.389. The van der Waals surface area contributed by atoms with Crippen LogP contribution in [0.3, 0.4) is 0 Å². The average Bonchev–Trinajstić information content (AvgIpc) is 3.34. The Kier molecular flexibility index (Phi) is 5.08. The minimum absolute atomic E-state index is 0.0126. The molecular weight excluding hydrogens is 387 g/mol.